The number of amides is 1. The summed E-state index contributed by atoms with van der Waals surface area (Å²) in [5, 5.41) is 4.28. The standard InChI is InChI=1S/C9H8N2O2S2/c12-7-5(9(13)11-4-14)3-10-6-1-2-15-8(6)7/h1-3,14H,4H2,(H,10,12)(H,11,13). The summed E-state index contributed by atoms with van der Waals surface area (Å²) in [5.74, 6) is -0.192. The van der Waals surface area contributed by atoms with Crippen LogP contribution < -0.4 is 10.7 Å². The van der Waals surface area contributed by atoms with E-state index < -0.39 is 5.91 Å². The number of aromatic nitrogens is 1. The molecule has 1 amide bonds. The van der Waals surface area contributed by atoms with Gasteiger partial charge in [0.15, 0.2) is 0 Å². The molecular weight excluding hydrogens is 232 g/mol. The molecule has 0 aliphatic rings. The molecule has 15 heavy (non-hydrogen) atoms. The maximum Gasteiger partial charge on any atom is 0.257 e. The van der Waals surface area contributed by atoms with E-state index in [0.29, 0.717) is 4.70 Å². The summed E-state index contributed by atoms with van der Waals surface area (Å²) in [7, 11) is 0. The number of rotatable bonds is 2. The minimum Gasteiger partial charge on any atom is -0.359 e. The lowest BCUT2D eigenvalue weighted by Crippen LogP contribution is -2.27. The topological polar surface area (TPSA) is 62.0 Å². The zero-order valence-electron chi connectivity index (χ0n) is 7.61. The van der Waals surface area contributed by atoms with Gasteiger partial charge in [0.2, 0.25) is 5.43 Å². The largest absolute Gasteiger partial charge is 0.359 e. The Balaban J connectivity index is 2.57. The van der Waals surface area contributed by atoms with E-state index in [-0.39, 0.29) is 16.9 Å². The lowest BCUT2D eigenvalue weighted by atomic mass is 10.2. The Labute approximate surface area is 94.7 Å². The molecule has 0 aliphatic heterocycles. The van der Waals surface area contributed by atoms with Gasteiger partial charge in [-0.2, -0.15) is 12.6 Å². The van der Waals surface area contributed by atoms with E-state index in [1.165, 1.54) is 17.5 Å². The van der Waals surface area contributed by atoms with Crippen molar-refractivity contribution in [3.63, 3.8) is 0 Å². The molecule has 2 aromatic heterocycles. The highest BCUT2D eigenvalue weighted by Gasteiger charge is 2.12. The molecule has 0 aromatic carbocycles. The molecule has 0 spiro atoms. The van der Waals surface area contributed by atoms with E-state index in [9.17, 15) is 9.59 Å². The number of fused-ring (bicyclic) bond motifs is 1. The second-order valence-corrected chi connectivity index (χ2v) is 4.09. The van der Waals surface area contributed by atoms with Gasteiger partial charge in [-0.1, -0.05) is 0 Å². The Hall–Kier alpha value is -1.27. The zero-order chi connectivity index (χ0) is 10.8. The van der Waals surface area contributed by atoms with Crippen LogP contribution in [0, 0.1) is 0 Å². The number of carbonyl (C=O) groups is 1. The Morgan fingerprint density at radius 1 is 1.60 bits per heavy atom. The Kier molecular flexibility index (Phi) is 2.79. The number of hydrogen-bond donors (Lipinski definition) is 3. The van der Waals surface area contributed by atoms with Crippen molar-refractivity contribution in [1.82, 2.24) is 10.3 Å². The number of carbonyl (C=O) groups excluding carboxylic acids is 1. The highest BCUT2D eigenvalue weighted by Crippen LogP contribution is 2.14. The maximum atomic E-state index is 11.8. The molecule has 0 bridgehead atoms. The Morgan fingerprint density at radius 2 is 2.40 bits per heavy atom. The highest BCUT2D eigenvalue weighted by molar-refractivity contribution is 7.80. The van der Waals surface area contributed by atoms with Crippen molar-refractivity contribution < 1.29 is 4.79 Å². The van der Waals surface area contributed by atoms with Crippen LogP contribution in [0.25, 0.3) is 10.2 Å². The van der Waals surface area contributed by atoms with Gasteiger partial charge in [0.25, 0.3) is 5.91 Å². The summed E-state index contributed by atoms with van der Waals surface area (Å²) >= 11 is 5.18. The van der Waals surface area contributed by atoms with Crippen LogP contribution >= 0.6 is 24.0 Å². The SMILES string of the molecule is O=C(NCS)c1c[nH]c2ccsc2c1=O. The smallest absolute Gasteiger partial charge is 0.257 e. The number of pyridine rings is 1. The van der Waals surface area contributed by atoms with E-state index in [1.807, 2.05) is 11.4 Å². The van der Waals surface area contributed by atoms with Crippen molar-refractivity contribution in [2.45, 2.75) is 0 Å². The molecule has 0 atom stereocenters. The van der Waals surface area contributed by atoms with Gasteiger partial charge in [-0.25, -0.2) is 0 Å². The average molecular weight is 240 g/mol. The van der Waals surface area contributed by atoms with E-state index in [4.69, 9.17) is 0 Å². The minimum atomic E-state index is -0.401. The normalized spacial score (nSPS) is 10.5. The number of thiol groups is 1. The Bertz CT molecular complexity index is 558. The highest BCUT2D eigenvalue weighted by atomic mass is 32.1. The molecule has 2 heterocycles. The summed E-state index contributed by atoms with van der Waals surface area (Å²) in [6, 6.07) is 1.81. The number of H-pyrrole nitrogens is 1. The number of hydrogen-bond acceptors (Lipinski definition) is 4. The summed E-state index contributed by atoms with van der Waals surface area (Å²) in [4.78, 5) is 26.2. The van der Waals surface area contributed by atoms with Gasteiger partial charge in [0, 0.05) is 6.20 Å². The van der Waals surface area contributed by atoms with Crippen LogP contribution in [0.5, 0.6) is 0 Å². The van der Waals surface area contributed by atoms with E-state index in [2.05, 4.69) is 22.9 Å². The van der Waals surface area contributed by atoms with Crippen LogP contribution in [0.4, 0.5) is 0 Å². The maximum absolute atomic E-state index is 11.8. The summed E-state index contributed by atoms with van der Waals surface area (Å²) < 4.78 is 0.571. The number of thiophene rings is 1. The summed E-state index contributed by atoms with van der Waals surface area (Å²) in [5.41, 5.74) is 0.643. The van der Waals surface area contributed by atoms with Crippen molar-refractivity contribution in [3.05, 3.63) is 33.4 Å². The molecular formula is C9H8N2O2S2. The average Bonchev–Trinajstić information content (AvgIpc) is 2.67. The number of aromatic amines is 1. The molecule has 2 rings (SSSR count). The third kappa shape index (κ3) is 1.78. The second-order valence-electron chi connectivity index (χ2n) is 2.86. The van der Waals surface area contributed by atoms with Gasteiger partial charge in [0.1, 0.15) is 5.56 Å². The van der Waals surface area contributed by atoms with Gasteiger partial charge < -0.3 is 10.3 Å². The molecule has 0 unspecified atom stereocenters. The lowest BCUT2D eigenvalue weighted by molar-refractivity contribution is 0.0960. The fraction of sp³-hybridized carbons (Fsp3) is 0.111. The zero-order valence-corrected chi connectivity index (χ0v) is 9.32. The van der Waals surface area contributed by atoms with E-state index >= 15 is 0 Å². The van der Waals surface area contributed by atoms with Crippen LogP contribution in [-0.4, -0.2) is 16.8 Å². The molecule has 0 fully saturated rings. The van der Waals surface area contributed by atoms with Crippen molar-refractivity contribution in [2.75, 3.05) is 5.88 Å². The predicted octanol–water partition coefficient (Wildman–Crippen LogP) is 1.21. The molecule has 0 radical (unpaired) electrons. The molecule has 0 aliphatic carbocycles. The Morgan fingerprint density at radius 3 is 3.13 bits per heavy atom. The first-order valence-corrected chi connectivity index (χ1v) is 5.73. The molecule has 6 heteroatoms. The molecule has 0 saturated heterocycles. The van der Waals surface area contributed by atoms with Gasteiger partial charge in [-0.3, -0.25) is 9.59 Å². The monoisotopic (exact) mass is 240 g/mol. The minimum absolute atomic E-state index is 0.124. The first kappa shape index (κ1) is 10.3. The predicted molar refractivity (Wildman–Crippen MR) is 63.8 cm³/mol. The van der Waals surface area contributed by atoms with Crippen LogP contribution in [0.1, 0.15) is 10.4 Å². The fourth-order valence-corrected chi connectivity index (χ4v) is 2.23. The fourth-order valence-electron chi connectivity index (χ4n) is 1.27. The molecule has 2 aromatic rings. The first-order chi connectivity index (χ1) is 7.24. The lowest BCUT2D eigenvalue weighted by Gasteiger charge is -2.00. The van der Waals surface area contributed by atoms with Crippen molar-refractivity contribution in [1.29, 1.82) is 0 Å². The summed E-state index contributed by atoms with van der Waals surface area (Å²) in [6.45, 7) is 0. The van der Waals surface area contributed by atoms with Crippen molar-refractivity contribution in [2.24, 2.45) is 0 Å². The molecule has 78 valence electrons. The molecule has 4 nitrogen and oxygen atoms in total. The van der Waals surface area contributed by atoms with Crippen LogP contribution in [0.2, 0.25) is 0 Å². The molecule has 2 N–H and O–H groups in total. The van der Waals surface area contributed by atoms with Gasteiger partial charge in [-0.05, 0) is 11.4 Å². The number of nitrogens with one attached hydrogen (secondary N) is 2. The van der Waals surface area contributed by atoms with E-state index in [1.54, 1.807) is 0 Å². The van der Waals surface area contributed by atoms with Gasteiger partial charge in [0.05, 0.1) is 16.1 Å². The van der Waals surface area contributed by atoms with E-state index in [0.717, 1.165) is 5.52 Å². The van der Waals surface area contributed by atoms with Gasteiger partial charge >= 0.3 is 0 Å². The summed E-state index contributed by atoms with van der Waals surface area (Å²) in [6.07, 6.45) is 1.43. The van der Waals surface area contributed by atoms with Crippen LogP contribution in [0.3, 0.4) is 0 Å². The first-order valence-electron chi connectivity index (χ1n) is 4.22. The third-order valence-electron chi connectivity index (χ3n) is 1.97. The molecule has 0 saturated carbocycles. The van der Waals surface area contributed by atoms with Gasteiger partial charge in [-0.15, -0.1) is 11.3 Å². The van der Waals surface area contributed by atoms with Crippen LogP contribution in [0.15, 0.2) is 22.4 Å². The quantitative estimate of drug-likeness (QED) is 0.546. The van der Waals surface area contributed by atoms with Crippen LogP contribution in [-0.2, 0) is 0 Å². The second kappa shape index (κ2) is 4.08. The van der Waals surface area contributed by atoms with Crippen molar-refractivity contribution >= 4 is 40.1 Å². The van der Waals surface area contributed by atoms with Crippen molar-refractivity contribution in [3.8, 4) is 0 Å². The third-order valence-corrected chi connectivity index (χ3v) is 3.04.